The van der Waals surface area contributed by atoms with Crippen molar-refractivity contribution in [3.05, 3.63) is 88.4 Å². The Morgan fingerprint density at radius 3 is 1.98 bits per heavy atom. The largest absolute Gasteiger partial charge is 0.478 e. The SMILES string of the molecule is Nc1cc(CN(CC2CCNCC2)S(=O)(=O)c2ccc(S(=O)(=O)N(Cc3ccc(Cl)cc3)C3CCCC3)cc2)ccc1C(=O)O. The van der Waals surface area contributed by atoms with Gasteiger partial charge in [-0.3, -0.25) is 0 Å². The van der Waals surface area contributed by atoms with Crippen LogP contribution in [0.4, 0.5) is 5.69 Å². The molecule has 1 heterocycles. The number of nitrogens with one attached hydrogen (secondary N) is 1. The molecule has 1 aliphatic heterocycles. The van der Waals surface area contributed by atoms with Gasteiger partial charge < -0.3 is 16.2 Å². The third kappa shape index (κ3) is 7.87. The Bertz CT molecular complexity index is 1710. The molecule has 0 amide bonds. The molecule has 3 aromatic carbocycles. The van der Waals surface area contributed by atoms with E-state index in [1.54, 1.807) is 18.2 Å². The summed E-state index contributed by atoms with van der Waals surface area (Å²) in [6.07, 6.45) is 5.06. The molecular formula is C32H39ClN4O6S2. The first-order chi connectivity index (χ1) is 21.4. The van der Waals surface area contributed by atoms with Crippen molar-refractivity contribution in [3.63, 3.8) is 0 Å². The number of rotatable bonds is 12. The lowest BCUT2D eigenvalue weighted by atomic mass is 9.98. The lowest BCUT2D eigenvalue weighted by Gasteiger charge is -2.30. The number of sulfonamides is 2. The Morgan fingerprint density at radius 2 is 1.40 bits per heavy atom. The zero-order valence-corrected chi connectivity index (χ0v) is 27.3. The second-order valence-corrected chi connectivity index (χ2v) is 16.1. The molecule has 4 N–H and O–H groups in total. The second-order valence-electron chi connectivity index (χ2n) is 11.8. The van der Waals surface area contributed by atoms with Crippen LogP contribution in [-0.4, -0.2) is 62.2 Å². The van der Waals surface area contributed by atoms with Crippen LogP contribution in [0.25, 0.3) is 0 Å². The Kier molecular flexibility index (Phi) is 10.5. The number of anilines is 1. The Balaban J connectivity index is 1.42. The minimum atomic E-state index is -4.05. The maximum absolute atomic E-state index is 14.1. The average Bonchev–Trinajstić information content (AvgIpc) is 3.55. The van der Waals surface area contributed by atoms with Crippen molar-refractivity contribution >= 4 is 43.3 Å². The van der Waals surface area contributed by atoms with Crippen molar-refractivity contribution in [2.24, 2.45) is 5.92 Å². The van der Waals surface area contributed by atoms with Crippen LogP contribution in [0, 0.1) is 5.92 Å². The maximum atomic E-state index is 14.1. The van der Waals surface area contributed by atoms with E-state index in [1.165, 1.54) is 45.0 Å². The number of carbonyl (C=O) groups is 1. The van der Waals surface area contributed by atoms with Crippen LogP contribution in [0.3, 0.4) is 0 Å². The number of aromatic carboxylic acids is 1. The molecule has 3 aromatic rings. The molecule has 0 bridgehead atoms. The van der Waals surface area contributed by atoms with Gasteiger partial charge >= 0.3 is 5.97 Å². The van der Waals surface area contributed by atoms with Crippen molar-refractivity contribution in [1.82, 2.24) is 13.9 Å². The Labute approximate surface area is 270 Å². The van der Waals surface area contributed by atoms with E-state index in [9.17, 15) is 26.7 Å². The van der Waals surface area contributed by atoms with Gasteiger partial charge in [0.1, 0.15) is 0 Å². The number of hydrogen-bond donors (Lipinski definition) is 3. The molecule has 0 atom stereocenters. The van der Waals surface area contributed by atoms with E-state index in [-0.39, 0.29) is 52.6 Å². The van der Waals surface area contributed by atoms with Gasteiger partial charge in [-0.1, -0.05) is 42.6 Å². The molecule has 1 saturated heterocycles. The molecule has 0 unspecified atom stereocenters. The number of piperidine rings is 1. The monoisotopic (exact) mass is 674 g/mol. The summed E-state index contributed by atoms with van der Waals surface area (Å²) >= 11 is 6.05. The normalized spacial score (nSPS) is 16.9. The molecule has 45 heavy (non-hydrogen) atoms. The predicted octanol–water partition coefficient (Wildman–Crippen LogP) is 4.94. The van der Waals surface area contributed by atoms with E-state index in [0.29, 0.717) is 10.6 Å². The first-order valence-electron chi connectivity index (χ1n) is 15.1. The van der Waals surface area contributed by atoms with E-state index in [0.717, 1.165) is 57.2 Å². The fourth-order valence-electron chi connectivity index (χ4n) is 6.15. The van der Waals surface area contributed by atoms with Crippen molar-refractivity contribution in [1.29, 1.82) is 0 Å². The number of nitrogens with two attached hydrogens (primary N) is 1. The van der Waals surface area contributed by atoms with Crippen LogP contribution in [0.15, 0.2) is 76.5 Å². The average molecular weight is 675 g/mol. The van der Waals surface area contributed by atoms with Gasteiger partial charge in [0.05, 0.1) is 15.4 Å². The van der Waals surface area contributed by atoms with E-state index < -0.39 is 26.0 Å². The first kappa shape index (κ1) is 33.4. The second kappa shape index (κ2) is 14.2. The summed E-state index contributed by atoms with van der Waals surface area (Å²) in [4.78, 5) is 11.5. The quantitative estimate of drug-likeness (QED) is 0.229. The molecule has 2 aliphatic rings. The third-order valence-electron chi connectivity index (χ3n) is 8.68. The molecule has 1 aliphatic carbocycles. The maximum Gasteiger partial charge on any atom is 0.337 e. The molecule has 0 spiro atoms. The lowest BCUT2D eigenvalue weighted by molar-refractivity contribution is 0.0698. The van der Waals surface area contributed by atoms with Crippen LogP contribution < -0.4 is 11.1 Å². The highest BCUT2D eigenvalue weighted by Gasteiger charge is 2.34. The summed E-state index contributed by atoms with van der Waals surface area (Å²) in [5, 5.41) is 13.2. The fourth-order valence-corrected chi connectivity index (χ4v) is 9.45. The number of halogens is 1. The number of benzene rings is 3. The molecule has 0 radical (unpaired) electrons. The van der Waals surface area contributed by atoms with Gasteiger partial charge in [-0.15, -0.1) is 0 Å². The number of carboxylic acids is 1. The van der Waals surface area contributed by atoms with Gasteiger partial charge in [-0.05, 0) is 104 Å². The summed E-state index contributed by atoms with van der Waals surface area (Å²) in [6.45, 7) is 2.03. The Hall–Kier alpha value is -3.00. The van der Waals surface area contributed by atoms with E-state index in [4.69, 9.17) is 17.3 Å². The molecule has 1 saturated carbocycles. The smallest absolute Gasteiger partial charge is 0.337 e. The van der Waals surface area contributed by atoms with Gasteiger partial charge in [0.25, 0.3) is 0 Å². The number of carboxylic acid groups (broad SMARTS) is 1. The van der Waals surface area contributed by atoms with Gasteiger partial charge in [0.15, 0.2) is 0 Å². The summed E-state index contributed by atoms with van der Waals surface area (Å²) < 4.78 is 59.0. The highest BCUT2D eigenvalue weighted by Crippen LogP contribution is 2.32. The van der Waals surface area contributed by atoms with Crippen molar-refractivity contribution in [3.8, 4) is 0 Å². The number of hydrogen-bond acceptors (Lipinski definition) is 7. The minimum absolute atomic E-state index is 0.00698. The molecule has 10 nitrogen and oxygen atoms in total. The van der Waals surface area contributed by atoms with E-state index in [1.807, 2.05) is 12.1 Å². The van der Waals surface area contributed by atoms with Crippen LogP contribution in [0.5, 0.6) is 0 Å². The Morgan fingerprint density at radius 1 is 0.822 bits per heavy atom. The van der Waals surface area contributed by atoms with Gasteiger partial charge in [0.2, 0.25) is 20.0 Å². The highest BCUT2D eigenvalue weighted by molar-refractivity contribution is 7.89. The van der Waals surface area contributed by atoms with E-state index in [2.05, 4.69) is 5.32 Å². The zero-order valence-electron chi connectivity index (χ0n) is 24.9. The van der Waals surface area contributed by atoms with Crippen LogP contribution in [-0.2, 0) is 33.1 Å². The standard InChI is InChI=1S/C32H39ClN4O6S2/c33-26-8-5-23(6-9-26)22-37(27-3-1-2-4-27)45(42,43)29-12-10-28(11-13-29)44(40,41)36(20-24-15-17-35-18-16-24)21-25-7-14-30(32(38)39)31(34)19-25/h5-14,19,24,27,35H,1-4,15-18,20-22,34H2,(H,38,39). The fraction of sp³-hybridized carbons (Fsp3) is 0.406. The number of nitrogen functional groups attached to an aromatic ring is 1. The minimum Gasteiger partial charge on any atom is -0.478 e. The predicted molar refractivity (Wildman–Crippen MR) is 174 cm³/mol. The summed E-state index contributed by atoms with van der Waals surface area (Å²) in [5.74, 6) is -1.03. The zero-order chi connectivity index (χ0) is 32.2. The first-order valence-corrected chi connectivity index (χ1v) is 18.4. The van der Waals surface area contributed by atoms with Crippen LogP contribution in [0.1, 0.15) is 60.0 Å². The molecule has 242 valence electrons. The molecule has 5 rings (SSSR count). The van der Waals surface area contributed by atoms with Gasteiger partial charge in [-0.25, -0.2) is 21.6 Å². The van der Waals surface area contributed by atoms with Crippen molar-refractivity contribution in [2.75, 3.05) is 25.4 Å². The summed E-state index contributed by atoms with van der Waals surface area (Å²) in [6, 6.07) is 16.8. The lowest BCUT2D eigenvalue weighted by Crippen LogP contribution is -2.39. The van der Waals surface area contributed by atoms with Crippen LogP contribution >= 0.6 is 11.6 Å². The van der Waals surface area contributed by atoms with Crippen LogP contribution in [0.2, 0.25) is 5.02 Å². The summed E-state index contributed by atoms with van der Waals surface area (Å²) in [5.41, 5.74) is 7.34. The topological polar surface area (TPSA) is 150 Å². The molecular weight excluding hydrogens is 636 g/mol. The highest BCUT2D eigenvalue weighted by atomic mass is 35.5. The van der Waals surface area contributed by atoms with Crippen molar-refractivity contribution < 1.29 is 26.7 Å². The molecule has 2 fully saturated rings. The van der Waals surface area contributed by atoms with E-state index >= 15 is 0 Å². The molecule has 13 heteroatoms. The van der Waals surface area contributed by atoms with Gasteiger partial charge in [0, 0.05) is 36.4 Å². The van der Waals surface area contributed by atoms with Gasteiger partial charge in [-0.2, -0.15) is 8.61 Å². The molecule has 0 aromatic heterocycles. The third-order valence-corrected chi connectivity index (χ3v) is 12.7. The summed E-state index contributed by atoms with van der Waals surface area (Å²) in [7, 11) is -7.99. The van der Waals surface area contributed by atoms with Crippen molar-refractivity contribution in [2.45, 2.75) is 67.4 Å². The number of nitrogens with zero attached hydrogens (tertiary/aromatic N) is 2.